The van der Waals surface area contributed by atoms with E-state index in [-0.39, 0.29) is 24.4 Å². The summed E-state index contributed by atoms with van der Waals surface area (Å²) in [6.07, 6.45) is 4.77. The molecule has 1 aromatic carbocycles. The summed E-state index contributed by atoms with van der Waals surface area (Å²) < 4.78 is 5.49. The van der Waals surface area contributed by atoms with Crippen molar-refractivity contribution in [2.24, 2.45) is 5.73 Å². The molecule has 0 bridgehead atoms. The van der Waals surface area contributed by atoms with Crippen LogP contribution in [0.2, 0.25) is 0 Å². The summed E-state index contributed by atoms with van der Waals surface area (Å²) in [7, 11) is 0. The molecule has 27 heavy (non-hydrogen) atoms. The van der Waals surface area contributed by atoms with Crippen molar-refractivity contribution in [2.75, 3.05) is 18.4 Å². The van der Waals surface area contributed by atoms with Gasteiger partial charge in [0.1, 0.15) is 0 Å². The number of hydrogen-bond donors (Lipinski definition) is 2. The number of urea groups is 1. The minimum Gasteiger partial charge on any atom is -0.339 e. The first-order valence-electron chi connectivity index (χ1n) is 9.29. The molecular weight excluding hydrogens is 366 g/mol. The average molecular weight is 392 g/mol. The van der Waals surface area contributed by atoms with E-state index in [0.717, 1.165) is 49.9 Å². The van der Waals surface area contributed by atoms with E-state index >= 15 is 0 Å². The molecule has 1 unspecified atom stereocenters. The van der Waals surface area contributed by atoms with Crippen LogP contribution in [-0.2, 0) is 5.54 Å². The zero-order valence-electron chi connectivity index (χ0n) is 15.5. The van der Waals surface area contributed by atoms with Gasteiger partial charge in [-0.05, 0) is 56.7 Å². The van der Waals surface area contributed by atoms with Crippen molar-refractivity contribution < 1.29 is 9.32 Å². The van der Waals surface area contributed by atoms with Gasteiger partial charge in [-0.1, -0.05) is 17.3 Å². The molecule has 1 aromatic heterocycles. The van der Waals surface area contributed by atoms with Gasteiger partial charge in [-0.25, -0.2) is 4.79 Å². The molecule has 2 aliphatic rings. The summed E-state index contributed by atoms with van der Waals surface area (Å²) >= 11 is 0. The number of halogens is 1. The number of rotatable bonds is 3. The fourth-order valence-corrected chi connectivity index (χ4v) is 3.67. The maximum Gasteiger partial charge on any atom is 0.321 e. The third kappa shape index (κ3) is 4.09. The van der Waals surface area contributed by atoms with Gasteiger partial charge in [0.2, 0.25) is 5.89 Å². The SMILES string of the molecule is Cc1cccc(NC(=O)N2CCCC(c3nc(C4(N)CCC4)no3)C2)c1.Cl. The number of anilines is 1. The summed E-state index contributed by atoms with van der Waals surface area (Å²) in [4.78, 5) is 19.0. The maximum atomic E-state index is 12.6. The van der Waals surface area contributed by atoms with Crippen LogP contribution in [0.1, 0.15) is 55.3 Å². The monoisotopic (exact) mass is 391 g/mol. The first kappa shape index (κ1) is 19.6. The number of nitrogens with two attached hydrogens (primary N) is 1. The second kappa shape index (κ2) is 7.86. The van der Waals surface area contributed by atoms with E-state index in [9.17, 15) is 4.79 Å². The zero-order chi connectivity index (χ0) is 18.1. The van der Waals surface area contributed by atoms with Gasteiger partial charge in [-0.2, -0.15) is 4.98 Å². The van der Waals surface area contributed by atoms with Gasteiger partial charge in [0.15, 0.2) is 5.82 Å². The van der Waals surface area contributed by atoms with E-state index in [4.69, 9.17) is 10.3 Å². The number of likely N-dealkylation sites (tertiary alicyclic amines) is 1. The second-order valence-corrected chi connectivity index (χ2v) is 7.55. The molecule has 2 heterocycles. The summed E-state index contributed by atoms with van der Waals surface area (Å²) in [5, 5.41) is 7.07. The Kier molecular flexibility index (Phi) is 5.72. The summed E-state index contributed by atoms with van der Waals surface area (Å²) in [6.45, 7) is 3.32. The maximum absolute atomic E-state index is 12.6. The van der Waals surface area contributed by atoms with Crippen molar-refractivity contribution in [1.29, 1.82) is 0 Å². The molecular formula is C19H26ClN5O2. The Morgan fingerprint density at radius 2 is 2.19 bits per heavy atom. The first-order valence-corrected chi connectivity index (χ1v) is 9.29. The molecule has 1 saturated heterocycles. The predicted molar refractivity (Wildman–Crippen MR) is 105 cm³/mol. The van der Waals surface area contributed by atoms with E-state index in [1.807, 2.05) is 36.1 Å². The van der Waals surface area contributed by atoms with Crippen molar-refractivity contribution in [3.05, 3.63) is 41.5 Å². The van der Waals surface area contributed by atoms with Crippen LogP contribution in [-0.4, -0.2) is 34.2 Å². The fraction of sp³-hybridized carbons (Fsp3) is 0.526. The third-order valence-electron chi connectivity index (χ3n) is 5.46. The molecule has 7 nitrogen and oxygen atoms in total. The number of aryl methyl sites for hydroxylation is 1. The van der Waals surface area contributed by atoms with Crippen LogP contribution in [0.25, 0.3) is 0 Å². The van der Waals surface area contributed by atoms with Gasteiger partial charge < -0.3 is 20.5 Å². The van der Waals surface area contributed by atoms with Gasteiger partial charge in [0.25, 0.3) is 0 Å². The van der Waals surface area contributed by atoms with Crippen molar-refractivity contribution >= 4 is 24.1 Å². The zero-order valence-corrected chi connectivity index (χ0v) is 16.3. The lowest BCUT2D eigenvalue weighted by Gasteiger charge is -2.34. The van der Waals surface area contributed by atoms with Crippen LogP contribution in [0.5, 0.6) is 0 Å². The molecule has 8 heteroatoms. The van der Waals surface area contributed by atoms with E-state index in [2.05, 4.69) is 15.5 Å². The normalized spacial score (nSPS) is 21.1. The Morgan fingerprint density at radius 3 is 2.89 bits per heavy atom. The average Bonchev–Trinajstić information content (AvgIpc) is 3.10. The quantitative estimate of drug-likeness (QED) is 0.833. The number of aromatic nitrogens is 2. The van der Waals surface area contributed by atoms with E-state index < -0.39 is 5.54 Å². The molecule has 2 aromatic rings. The highest BCUT2D eigenvalue weighted by Crippen LogP contribution is 2.38. The topological polar surface area (TPSA) is 97.3 Å². The van der Waals surface area contributed by atoms with Gasteiger partial charge in [0, 0.05) is 18.8 Å². The number of piperidine rings is 1. The van der Waals surface area contributed by atoms with Crippen LogP contribution in [0, 0.1) is 6.92 Å². The first-order chi connectivity index (χ1) is 12.5. The molecule has 2 amide bonds. The van der Waals surface area contributed by atoms with Crippen molar-refractivity contribution in [3.63, 3.8) is 0 Å². The Bertz CT molecular complexity index is 805. The van der Waals surface area contributed by atoms with Crippen LogP contribution < -0.4 is 11.1 Å². The van der Waals surface area contributed by atoms with Crippen molar-refractivity contribution in [3.8, 4) is 0 Å². The van der Waals surface area contributed by atoms with Gasteiger partial charge in [-0.3, -0.25) is 0 Å². The number of amides is 2. The highest BCUT2D eigenvalue weighted by atomic mass is 35.5. The number of benzene rings is 1. The molecule has 1 saturated carbocycles. The fourth-order valence-electron chi connectivity index (χ4n) is 3.67. The standard InChI is InChI=1S/C19H25N5O2.ClH/c1-13-5-2-7-15(11-13)21-18(25)24-10-3-6-14(12-24)16-22-17(23-26-16)19(20)8-4-9-19;/h2,5,7,11,14H,3-4,6,8-10,12,20H2,1H3,(H,21,25);1H. The predicted octanol–water partition coefficient (Wildman–Crippen LogP) is 3.55. The lowest BCUT2D eigenvalue weighted by molar-refractivity contribution is 0.183. The number of carbonyl (C=O) groups excluding carboxylic acids is 1. The summed E-state index contributed by atoms with van der Waals surface area (Å²) in [6, 6.07) is 7.71. The van der Waals surface area contributed by atoms with Crippen LogP contribution in [0.4, 0.5) is 10.5 Å². The Hall–Kier alpha value is -2.12. The van der Waals surface area contributed by atoms with E-state index in [1.54, 1.807) is 0 Å². The number of carbonyl (C=O) groups is 1. The molecule has 146 valence electrons. The molecule has 0 radical (unpaired) electrons. The Labute approximate surface area is 165 Å². The second-order valence-electron chi connectivity index (χ2n) is 7.55. The number of nitrogens with one attached hydrogen (secondary N) is 1. The lowest BCUT2D eigenvalue weighted by atomic mass is 9.77. The molecule has 0 spiro atoms. The van der Waals surface area contributed by atoms with E-state index in [0.29, 0.717) is 18.3 Å². The molecule has 1 atom stereocenters. The minimum atomic E-state index is -0.418. The number of hydrogen-bond acceptors (Lipinski definition) is 5. The third-order valence-corrected chi connectivity index (χ3v) is 5.46. The highest BCUT2D eigenvalue weighted by molar-refractivity contribution is 5.89. The Morgan fingerprint density at radius 1 is 1.37 bits per heavy atom. The molecule has 1 aliphatic heterocycles. The van der Waals surface area contributed by atoms with Crippen molar-refractivity contribution in [2.45, 2.75) is 50.5 Å². The lowest BCUT2D eigenvalue weighted by Crippen LogP contribution is -2.44. The summed E-state index contributed by atoms with van der Waals surface area (Å²) in [5.41, 5.74) is 7.79. The Balaban J connectivity index is 0.00000210. The smallest absolute Gasteiger partial charge is 0.321 e. The summed E-state index contributed by atoms with van der Waals surface area (Å²) in [5.74, 6) is 1.28. The van der Waals surface area contributed by atoms with Crippen LogP contribution >= 0.6 is 12.4 Å². The van der Waals surface area contributed by atoms with Gasteiger partial charge in [-0.15, -0.1) is 12.4 Å². The van der Waals surface area contributed by atoms with Crippen molar-refractivity contribution in [1.82, 2.24) is 15.0 Å². The van der Waals surface area contributed by atoms with Crippen LogP contribution in [0.15, 0.2) is 28.8 Å². The molecule has 1 aliphatic carbocycles. The molecule has 3 N–H and O–H groups in total. The van der Waals surface area contributed by atoms with Gasteiger partial charge in [0.05, 0.1) is 11.5 Å². The molecule has 2 fully saturated rings. The highest BCUT2D eigenvalue weighted by Gasteiger charge is 2.40. The largest absolute Gasteiger partial charge is 0.339 e. The van der Waals surface area contributed by atoms with E-state index in [1.165, 1.54) is 0 Å². The van der Waals surface area contributed by atoms with Gasteiger partial charge >= 0.3 is 6.03 Å². The minimum absolute atomic E-state index is 0. The van der Waals surface area contributed by atoms with Crippen LogP contribution in [0.3, 0.4) is 0 Å². The molecule has 4 rings (SSSR count). The number of nitrogens with zero attached hydrogens (tertiary/aromatic N) is 3.